The largest absolute Gasteiger partial charge is 0.322 e. The minimum absolute atomic E-state index is 0.139. The molecule has 0 aliphatic rings. The van der Waals surface area contributed by atoms with Crippen LogP contribution in [0.2, 0.25) is 0 Å². The Bertz CT molecular complexity index is 581. The average molecular weight is 255 g/mol. The zero-order valence-electron chi connectivity index (χ0n) is 11.1. The molecule has 4 heteroatoms. The van der Waals surface area contributed by atoms with Crippen molar-refractivity contribution in [3.63, 3.8) is 0 Å². The fraction of sp³-hybridized carbons (Fsp3) is 0.200. The number of nitrogens with one attached hydrogen (secondary N) is 2. The van der Waals surface area contributed by atoms with Gasteiger partial charge in [0.2, 0.25) is 0 Å². The number of benzene rings is 1. The molecule has 0 atom stereocenters. The van der Waals surface area contributed by atoms with E-state index in [1.54, 1.807) is 12.4 Å². The summed E-state index contributed by atoms with van der Waals surface area (Å²) in [5.41, 5.74) is 3.41. The van der Waals surface area contributed by atoms with Crippen LogP contribution >= 0.6 is 0 Å². The van der Waals surface area contributed by atoms with Gasteiger partial charge in [-0.25, -0.2) is 0 Å². The Morgan fingerprint density at radius 1 is 1.26 bits per heavy atom. The lowest BCUT2D eigenvalue weighted by molar-refractivity contribution is 0.102. The van der Waals surface area contributed by atoms with Gasteiger partial charge >= 0.3 is 0 Å². The molecule has 2 aromatic rings. The van der Waals surface area contributed by atoms with Crippen molar-refractivity contribution >= 4 is 11.6 Å². The summed E-state index contributed by atoms with van der Waals surface area (Å²) in [7, 11) is 1.88. The molecular formula is C15H17N3O. The van der Waals surface area contributed by atoms with Gasteiger partial charge in [0.05, 0.1) is 5.56 Å². The van der Waals surface area contributed by atoms with Crippen LogP contribution in [-0.4, -0.2) is 17.9 Å². The number of carbonyl (C=O) groups excluding carboxylic acids is 1. The van der Waals surface area contributed by atoms with Crippen molar-refractivity contribution < 1.29 is 4.79 Å². The molecule has 2 rings (SSSR count). The monoisotopic (exact) mass is 255 g/mol. The first-order chi connectivity index (χ1) is 9.20. The number of pyridine rings is 1. The molecular weight excluding hydrogens is 238 g/mol. The normalized spacial score (nSPS) is 10.2. The number of hydrogen-bond acceptors (Lipinski definition) is 3. The molecule has 4 nitrogen and oxygen atoms in total. The molecule has 1 aromatic carbocycles. The maximum Gasteiger partial charge on any atom is 0.257 e. The molecule has 0 bridgehead atoms. The van der Waals surface area contributed by atoms with E-state index >= 15 is 0 Å². The van der Waals surface area contributed by atoms with Crippen molar-refractivity contribution in [3.8, 4) is 0 Å². The fourth-order valence-electron chi connectivity index (χ4n) is 1.86. The van der Waals surface area contributed by atoms with E-state index in [0.717, 1.165) is 16.8 Å². The minimum atomic E-state index is -0.139. The van der Waals surface area contributed by atoms with Crippen molar-refractivity contribution in [2.45, 2.75) is 13.5 Å². The summed E-state index contributed by atoms with van der Waals surface area (Å²) in [6.45, 7) is 2.63. The maximum atomic E-state index is 12.2. The predicted octanol–water partition coefficient (Wildman–Crippen LogP) is 2.36. The van der Waals surface area contributed by atoms with E-state index in [1.807, 2.05) is 44.3 Å². The van der Waals surface area contributed by atoms with Crippen molar-refractivity contribution in [1.82, 2.24) is 10.3 Å². The topological polar surface area (TPSA) is 54.0 Å². The molecule has 1 amide bonds. The summed E-state index contributed by atoms with van der Waals surface area (Å²) < 4.78 is 0. The SMILES string of the molecule is CNCc1ccccc1NC(=O)c1cncc(C)c1. The summed E-state index contributed by atoms with van der Waals surface area (Å²) in [6, 6.07) is 9.57. The Labute approximate surface area is 112 Å². The summed E-state index contributed by atoms with van der Waals surface area (Å²) >= 11 is 0. The third-order valence-corrected chi connectivity index (χ3v) is 2.77. The van der Waals surface area contributed by atoms with Crippen molar-refractivity contribution in [2.75, 3.05) is 12.4 Å². The van der Waals surface area contributed by atoms with Crippen LogP contribution in [0.4, 0.5) is 5.69 Å². The Kier molecular flexibility index (Phi) is 4.26. The number of carbonyl (C=O) groups is 1. The first-order valence-corrected chi connectivity index (χ1v) is 6.16. The molecule has 0 radical (unpaired) electrons. The van der Waals surface area contributed by atoms with Gasteiger partial charge in [0.1, 0.15) is 0 Å². The molecule has 0 fully saturated rings. The zero-order chi connectivity index (χ0) is 13.7. The predicted molar refractivity (Wildman–Crippen MR) is 76.1 cm³/mol. The molecule has 98 valence electrons. The lowest BCUT2D eigenvalue weighted by Gasteiger charge is -2.10. The van der Waals surface area contributed by atoms with Crippen LogP contribution in [0, 0.1) is 6.92 Å². The number of rotatable bonds is 4. The number of para-hydroxylation sites is 1. The molecule has 2 N–H and O–H groups in total. The van der Waals surface area contributed by atoms with Gasteiger partial charge in [-0.05, 0) is 37.2 Å². The first-order valence-electron chi connectivity index (χ1n) is 6.16. The second-order valence-electron chi connectivity index (χ2n) is 4.39. The Hall–Kier alpha value is -2.20. The fourth-order valence-corrected chi connectivity index (χ4v) is 1.86. The van der Waals surface area contributed by atoms with Crippen LogP contribution < -0.4 is 10.6 Å². The highest BCUT2D eigenvalue weighted by atomic mass is 16.1. The number of aromatic nitrogens is 1. The number of aryl methyl sites for hydroxylation is 1. The van der Waals surface area contributed by atoms with Gasteiger partial charge in [0, 0.05) is 24.6 Å². The van der Waals surface area contributed by atoms with Gasteiger partial charge < -0.3 is 10.6 Å². The number of hydrogen-bond donors (Lipinski definition) is 2. The average Bonchev–Trinajstić information content (AvgIpc) is 2.41. The quantitative estimate of drug-likeness (QED) is 0.881. The van der Waals surface area contributed by atoms with E-state index in [4.69, 9.17) is 0 Å². The molecule has 19 heavy (non-hydrogen) atoms. The standard InChI is InChI=1S/C15H17N3O/c1-11-7-13(10-17-8-11)15(19)18-14-6-4-3-5-12(14)9-16-2/h3-8,10,16H,9H2,1-2H3,(H,18,19). The molecule has 1 heterocycles. The van der Waals surface area contributed by atoms with E-state index in [9.17, 15) is 4.79 Å². The van der Waals surface area contributed by atoms with Crippen LogP contribution in [0.15, 0.2) is 42.7 Å². The van der Waals surface area contributed by atoms with Gasteiger partial charge in [-0.1, -0.05) is 18.2 Å². The van der Waals surface area contributed by atoms with Crippen LogP contribution in [0.25, 0.3) is 0 Å². The highest BCUT2D eigenvalue weighted by Gasteiger charge is 2.08. The molecule has 0 unspecified atom stereocenters. The van der Waals surface area contributed by atoms with Crippen LogP contribution in [0.3, 0.4) is 0 Å². The van der Waals surface area contributed by atoms with Crippen molar-refractivity contribution in [3.05, 3.63) is 59.4 Å². The third-order valence-electron chi connectivity index (χ3n) is 2.77. The van der Waals surface area contributed by atoms with Crippen molar-refractivity contribution in [2.24, 2.45) is 0 Å². The zero-order valence-corrected chi connectivity index (χ0v) is 11.1. The van der Waals surface area contributed by atoms with Gasteiger partial charge in [-0.15, -0.1) is 0 Å². The van der Waals surface area contributed by atoms with E-state index in [-0.39, 0.29) is 5.91 Å². The highest BCUT2D eigenvalue weighted by Crippen LogP contribution is 2.16. The summed E-state index contributed by atoms with van der Waals surface area (Å²) in [6.07, 6.45) is 3.30. The van der Waals surface area contributed by atoms with Gasteiger partial charge in [-0.2, -0.15) is 0 Å². The lowest BCUT2D eigenvalue weighted by Crippen LogP contribution is -2.15. The molecule has 0 aliphatic heterocycles. The molecule has 0 aliphatic carbocycles. The smallest absolute Gasteiger partial charge is 0.257 e. The number of nitrogens with zero attached hydrogens (tertiary/aromatic N) is 1. The lowest BCUT2D eigenvalue weighted by atomic mass is 10.1. The summed E-state index contributed by atoms with van der Waals surface area (Å²) in [4.78, 5) is 16.2. The van der Waals surface area contributed by atoms with E-state index in [0.29, 0.717) is 12.1 Å². The van der Waals surface area contributed by atoms with E-state index in [2.05, 4.69) is 15.6 Å². The van der Waals surface area contributed by atoms with E-state index < -0.39 is 0 Å². The van der Waals surface area contributed by atoms with E-state index in [1.165, 1.54) is 0 Å². The maximum absolute atomic E-state index is 12.2. The highest BCUT2D eigenvalue weighted by molar-refractivity contribution is 6.04. The Balaban J connectivity index is 2.19. The molecule has 0 saturated heterocycles. The van der Waals surface area contributed by atoms with Crippen LogP contribution in [0.5, 0.6) is 0 Å². The Morgan fingerprint density at radius 3 is 2.79 bits per heavy atom. The Morgan fingerprint density at radius 2 is 2.05 bits per heavy atom. The molecule has 0 spiro atoms. The molecule has 0 saturated carbocycles. The van der Waals surface area contributed by atoms with Crippen molar-refractivity contribution in [1.29, 1.82) is 0 Å². The second-order valence-corrected chi connectivity index (χ2v) is 4.39. The second kappa shape index (κ2) is 6.11. The van der Waals surface area contributed by atoms with Gasteiger partial charge in [0.25, 0.3) is 5.91 Å². The summed E-state index contributed by atoms with van der Waals surface area (Å²) in [5, 5.41) is 6.00. The first kappa shape index (κ1) is 13.2. The van der Waals surface area contributed by atoms with Crippen LogP contribution in [-0.2, 0) is 6.54 Å². The minimum Gasteiger partial charge on any atom is -0.322 e. The van der Waals surface area contributed by atoms with Gasteiger partial charge in [0.15, 0.2) is 0 Å². The number of anilines is 1. The summed E-state index contributed by atoms with van der Waals surface area (Å²) in [5.74, 6) is -0.139. The van der Waals surface area contributed by atoms with Gasteiger partial charge in [-0.3, -0.25) is 9.78 Å². The molecule has 1 aromatic heterocycles. The third kappa shape index (κ3) is 3.39. The van der Waals surface area contributed by atoms with Crippen LogP contribution in [0.1, 0.15) is 21.5 Å². The number of amides is 1.